The first-order chi connectivity index (χ1) is 6.91. The number of halogens is 1. The lowest BCUT2D eigenvalue weighted by Gasteiger charge is -2.09. The molecule has 6 heteroatoms. The Kier molecular flexibility index (Phi) is 3.52. The number of aromatic nitrogens is 1. The van der Waals surface area contributed by atoms with Crippen LogP contribution < -0.4 is 5.32 Å². The van der Waals surface area contributed by atoms with E-state index >= 15 is 0 Å². The van der Waals surface area contributed by atoms with Gasteiger partial charge in [-0.25, -0.2) is 0 Å². The average Bonchev–Trinajstić information content (AvgIpc) is 2.44. The fourth-order valence-electron chi connectivity index (χ4n) is 1.08. The molecule has 15 heavy (non-hydrogen) atoms. The van der Waals surface area contributed by atoms with Crippen LogP contribution >= 0.6 is 15.9 Å². The molecule has 5 nitrogen and oxygen atoms in total. The van der Waals surface area contributed by atoms with Crippen LogP contribution in [0.5, 0.6) is 0 Å². The molecule has 0 aliphatic rings. The van der Waals surface area contributed by atoms with Crippen molar-refractivity contribution < 1.29 is 14.7 Å². The number of carbonyl (C=O) groups is 2. The van der Waals surface area contributed by atoms with Gasteiger partial charge in [-0.1, -0.05) is 0 Å². The van der Waals surface area contributed by atoms with Crippen molar-refractivity contribution in [2.45, 2.75) is 13.0 Å². The quantitative estimate of drug-likeness (QED) is 0.864. The van der Waals surface area contributed by atoms with Gasteiger partial charge in [-0.3, -0.25) is 9.59 Å². The molecule has 0 unspecified atom stereocenters. The van der Waals surface area contributed by atoms with Crippen molar-refractivity contribution in [3.63, 3.8) is 0 Å². The molecular formula is C9H11BrN2O3. The molecule has 1 amide bonds. The predicted octanol–water partition coefficient (Wildman–Crippen LogP) is 0.991. The van der Waals surface area contributed by atoms with Gasteiger partial charge in [0.1, 0.15) is 11.7 Å². The fraction of sp³-hybridized carbons (Fsp3) is 0.333. The maximum absolute atomic E-state index is 11.6. The first-order valence-electron chi connectivity index (χ1n) is 4.27. The van der Waals surface area contributed by atoms with Gasteiger partial charge in [0.15, 0.2) is 0 Å². The zero-order valence-electron chi connectivity index (χ0n) is 8.32. The highest BCUT2D eigenvalue weighted by Crippen LogP contribution is 2.13. The third-order valence-corrected chi connectivity index (χ3v) is 2.36. The number of rotatable bonds is 3. The number of aliphatic carboxylic acids is 1. The van der Waals surface area contributed by atoms with Crippen LogP contribution in [0.2, 0.25) is 0 Å². The van der Waals surface area contributed by atoms with Gasteiger partial charge in [0.25, 0.3) is 5.91 Å². The Labute approximate surface area is 95.2 Å². The molecular weight excluding hydrogens is 264 g/mol. The van der Waals surface area contributed by atoms with Crippen LogP contribution in [-0.2, 0) is 11.8 Å². The molecule has 0 saturated carbocycles. The van der Waals surface area contributed by atoms with Crippen LogP contribution in [0.15, 0.2) is 16.7 Å². The molecule has 1 atom stereocenters. The maximum atomic E-state index is 11.6. The lowest BCUT2D eigenvalue weighted by atomic mass is 10.3. The summed E-state index contributed by atoms with van der Waals surface area (Å²) in [5, 5.41) is 11.0. The molecule has 1 heterocycles. The molecule has 0 bridgehead atoms. The largest absolute Gasteiger partial charge is 0.480 e. The van der Waals surface area contributed by atoms with Gasteiger partial charge in [0.05, 0.1) is 0 Å². The smallest absolute Gasteiger partial charge is 0.325 e. The van der Waals surface area contributed by atoms with E-state index in [1.54, 1.807) is 23.9 Å². The minimum absolute atomic E-state index is 0.405. The Hall–Kier alpha value is -1.30. The highest BCUT2D eigenvalue weighted by molar-refractivity contribution is 9.10. The molecule has 1 rings (SSSR count). The highest BCUT2D eigenvalue weighted by atomic mass is 79.9. The van der Waals surface area contributed by atoms with Gasteiger partial charge in [-0.05, 0) is 28.9 Å². The van der Waals surface area contributed by atoms with E-state index in [-0.39, 0.29) is 0 Å². The van der Waals surface area contributed by atoms with Crippen molar-refractivity contribution in [1.29, 1.82) is 0 Å². The minimum atomic E-state index is -1.06. The third-order valence-electron chi connectivity index (χ3n) is 1.92. The topological polar surface area (TPSA) is 71.3 Å². The summed E-state index contributed by atoms with van der Waals surface area (Å²) in [5.41, 5.74) is 0.412. The standard InChI is InChI=1S/C9H11BrN2O3/c1-5(9(14)15)11-8(13)7-3-6(10)4-12(7)2/h3-5H,1-2H3,(H,11,13)(H,14,15)/t5-/m1/s1. The number of carbonyl (C=O) groups excluding carboxylic acids is 1. The summed E-state index contributed by atoms with van der Waals surface area (Å²) in [4.78, 5) is 22.1. The SMILES string of the molecule is C[C@@H](NC(=O)c1cc(Br)cn1C)C(=O)O. The second kappa shape index (κ2) is 4.48. The summed E-state index contributed by atoms with van der Waals surface area (Å²) in [6.07, 6.45) is 1.72. The van der Waals surface area contributed by atoms with Crippen molar-refractivity contribution in [1.82, 2.24) is 9.88 Å². The summed E-state index contributed by atoms with van der Waals surface area (Å²) >= 11 is 3.23. The number of hydrogen-bond donors (Lipinski definition) is 2. The van der Waals surface area contributed by atoms with Gasteiger partial charge < -0.3 is 15.0 Å². The molecule has 0 aliphatic heterocycles. The van der Waals surface area contributed by atoms with Crippen molar-refractivity contribution in [2.24, 2.45) is 7.05 Å². The number of hydrogen-bond acceptors (Lipinski definition) is 2. The lowest BCUT2D eigenvalue weighted by Crippen LogP contribution is -2.38. The van der Waals surface area contributed by atoms with Gasteiger partial charge >= 0.3 is 5.97 Å². The third kappa shape index (κ3) is 2.82. The number of carboxylic acid groups (broad SMARTS) is 1. The van der Waals surface area contributed by atoms with Crippen LogP contribution in [0, 0.1) is 0 Å². The number of nitrogens with one attached hydrogen (secondary N) is 1. The van der Waals surface area contributed by atoms with E-state index in [0.717, 1.165) is 4.47 Å². The zero-order chi connectivity index (χ0) is 11.6. The van der Waals surface area contributed by atoms with Crippen molar-refractivity contribution >= 4 is 27.8 Å². The predicted molar refractivity (Wildman–Crippen MR) is 57.7 cm³/mol. The summed E-state index contributed by atoms with van der Waals surface area (Å²) in [6, 6.07) is 0.732. The van der Waals surface area contributed by atoms with Crippen molar-refractivity contribution in [3.8, 4) is 0 Å². The Morgan fingerprint density at radius 2 is 2.20 bits per heavy atom. The Bertz CT molecular complexity index is 400. The summed E-state index contributed by atoms with van der Waals surface area (Å²) < 4.78 is 2.40. The fourth-order valence-corrected chi connectivity index (χ4v) is 1.61. The van der Waals surface area contributed by atoms with E-state index in [9.17, 15) is 9.59 Å². The van der Waals surface area contributed by atoms with Crippen LogP contribution in [-0.4, -0.2) is 27.6 Å². The van der Waals surface area contributed by atoms with Gasteiger partial charge in [0, 0.05) is 17.7 Å². The number of nitrogens with zero attached hydrogens (tertiary/aromatic N) is 1. The van der Waals surface area contributed by atoms with Crippen LogP contribution in [0.4, 0.5) is 0 Å². The van der Waals surface area contributed by atoms with E-state index in [4.69, 9.17) is 5.11 Å². The normalized spacial score (nSPS) is 12.2. The Morgan fingerprint density at radius 3 is 2.60 bits per heavy atom. The van der Waals surface area contributed by atoms with E-state index < -0.39 is 17.9 Å². The second-order valence-electron chi connectivity index (χ2n) is 3.19. The monoisotopic (exact) mass is 274 g/mol. The van der Waals surface area contributed by atoms with E-state index in [0.29, 0.717) is 5.69 Å². The van der Waals surface area contributed by atoms with Crippen LogP contribution in [0.25, 0.3) is 0 Å². The molecule has 0 saturated heterocycles. The van der Waals surface area contributed by atoms with Crippen LogP contribution in [0.3, 0.4) is 0 Å². The molecule has 82 valence electrons. The number of aryl methyl sites for hydroxylation is 1. The highest BCUT2D eigenvalue weighted by Gasteiger charge is 2.17. The molecule has 0 aliphatic carbocycles. The number of carboxylic acids is 1. The second-order valence-corrected chi connectivity index (χ2v) is 4.10. The summed E-state index contributed by atoms with van der Waals surface area (Å²) in [5.74, 6) is -1.46. The van der Waals surface area contributed by atoms with Crippen molar-refractivity contribution in [3.05, 3.63) is 22.4 Å². The lowest BCUT2D eigenvalue weighted by molar-refractivity contribution is -0.138. The molecule has 2 N–H and O–H groups in total. The molecule has 0 aromatic carbocycles. The molecule has 0 spiro atoms. The minimum Gasteiger partial charge on any atom is -0.480 e. The van der Waals surface area contributed by atoms with E-state index in [1.807, 2.05) is 0 Å². The van der Waals surface area contributed by atoms with Crippen LogP contribution in [0.1, 0.15) is 17.4 Å². The molecule has 1 aromatic heterocycles. The van der Waals surface area contributed by atoms with Crippen molar-refractivity contribution in [2.75, 3.05) is 0 Å². The van der Waals surface area contributed by atoms with E-state index in [1.165, 1.54) is 6.92 Å². The van der Waals surface area contributed by atoms with Gasteiger partial charge in [-0.15, -0.1) is 0 Å². The average molecular weight is 275 g/mol. The van der Waals surface area contributed by atoms with Gasteiger partial charge in [0.2, 0.25) is 0 Å². The summed E-state index contributed by atoms with van der Waals surface area (Å²) in [7, 11) is 1.71. The maximum Gasteiger partial charge on any atom is 0.325 e. The zero-order valence-corrected chi connectivity index (χ0v) is 9.91. The number of amides is 1. The molecule has 0 fully saturated rings. The van der Waals surface area contributed by atoms with E-state index in [2.05, 4.69) is 21.2 Å². The first kappa shape index (κ1) is 11.8. The molecule has 0 radical (unpaired) electrons. The van der Waals surface area contributed by atoms with Gasteiger partial charge in [-0.2, -0.15) is 0 Å². The summed E-state index contributed by atoms with van der Waals surface area (Å²) in [6.45, 7) is 1.41. The Balaban J connectivity index is 2.77. The first-order valence-corrected chi connectivity index (χ1v) is 5.06. The Morgan fingerprint density at radius 1 is 1.60 bits per heavy atom. The molecule has 1 aromatic rings.